The van der Waals surface area contributed by atoms with Crippen molar-refractivity contribution in [3.8, 4) is 18.4 Å². The highest BCUT2D eigenvalue weighted by Crippen LogP contribution is 2.16. The molecule has 4 heteroatoms. The monoisotopic (exact) mass is 268 g/mol. The second-order valence-corrected chi connectivity index (χ2v) is 4.39. The molecule has 1 amide bonds. The van der Waals surface area contributed by atoms with Crippen molar-refractivity contribution in [1.29, 1.82) is 5.26 Å². The van der Waals surface area contributed by atoms with Crippen molar-refractivity contribution in [1.82, 2.24) is 0 Å². The molecular weight excluding hydrogens is 252 g/mol. The molecule has 1 aromatic rings. The number of benzene rings is 1. The Hall–Kier alpha value is -2.72. The Morgan fingerprint density at radius 2 is 2.10 bits per heavy atom. The number of rotatable bonds is 4. The molecule has 0 aliphatic carbocycles. The topological polar surface area (TPSA) is 73.1 Å². The van der Waals surface area contributed by atoms with E-state index in [2.05, 4.69) is 11.2 Å². The van der Waals surface area contributed by atoms with Crippen molar-refractivity contribution in [3.63, 3.8) is 0 Å². The number of terminal acetylenes is 1. The Balaban J connectivity index is 2.91. The van der Waals surface area contributed by atoms with Gasteiger partial charge in [0.1, 0.15) is 11.8 Å². The number of nitriles is 1. The van der Waals surface area contributed by atoms with Gasteiger partial charge in [-0.05, 0) is 37.1 Å². The number of carbonyl (C=O) groups excluding carboxylic acids is 1. The van der Waals surface area contributed by atoms with E-state index in [4.69, 9.17) is 11.7 Å². The zero-order chi connectivity index (χ0) is 15.1. The first-order valence-corrected chi connectivity index (χ1v) is 6.14. The van der Waals surface area contributed by atoms with E-state index in [1.165, 1.54) is 0 Å². The molecule has 0 heterocycles. The number of carbonyl (C=O) groups is 1. The predicted octanol–water partition coefficient (Wildman–Crippen LogP) is 2.99. The number of aryl methyl sites for hydroxylation is 2. The van der Waals surface area contributed by atoms with Gasteiger partial charge in [0, 0.05) is 18.5 Å². The second kappa shape index (κ2) is 7.01. The summed E-state index contributed by atoms with van der Waals surface area (Å²) in [6, 6.07) is 7.13. The summed E-state index contributed by atoms with van der Waals surface area (Å²) in [4.78, 5) is 11.9. The molecule has 102 valence electrons. The van der Waals surface area contributed by atoms with Crippen molar-refractivity contribution >= 4 is 11.6 Å². The van der Waals surface area contributed by atoms with Crippen LogP contribution in [0.25, 0.3) is 0 Å². The second-order valence-electron chi connectivity index (χ2n) is 4.39. The van der Waals surface area contributed by atoms with Crippen LogP contribution in [0.3, 0.4) is 0 Å². The van der Waals surface area contributed by atoms with Crippen molar-refractivity contribution < 1.29 is 9.90 Å². The summed E-state index contributed by atoms with van der Waals surface area (Å²) in [5, 5.41) is 21.2. The Bertz CT molecular complexity index is 631. The molecule has 0 bridgehead atoms. The Kier molecular flexibility index (Phi) is 5.38. The number of aliphatic hydroxyl groups excluding tert-OH is 1. The standard InChI is InChI=1S/C16H16N2O2/c1-4-5-6-15(19)14(10-17)16(20)18-13-8-7-11(2)12(3)9-13/h1,7-9,19H,5-6H2,2-3H3,(H,18,20)/b15-14-. The summed E-state index contributed by atoms with van der Waals surface area (Å²) in [5.74, 6) is 1.43. The highest BCUT2D eigenvalue weighted by Gasteiger charge is 2.15. The number of hydrogen-bond acceptors (Lipinski definition) is 3. The van der Waals surface area contributed by atoms with Crippen molar-refractivity contribution in [2.24, 2.45) is 0 Å². The van der Waals surface area contributed by atoms with Gasteiger partial charge in [-0.25, -0.2) is 0 Å². The van der Waals surface area contributed by atoms with Crippen LogP contribution in [0.5, 0.6) is 0 Å². The molecule has 0 saturated carbocycles. The number of nitrogens with zero attached hydrogens (tertiary/aromatic N) is 1. The summed E-state index contributed by atoms with van der Waals surface area (Å²) >= 11 is 0. The fourth-order valence-corrected chi connectivity index (χ4v) is 1.57. The average Bonchev–Trinajstić information content (AvgIpc) is 2.41. The van der Waals surface area contributed by atoms with Crippen LogP contribution in [0.2, 0.25) is 0 Å². The van der Waals surface area contributed by atoms with Crippen LogP contribution < -0.4 is 5.32 Å². The van der Waals surface area contributed by atoms with Crippen LogP contribution in [0.1, 0.15) is 24.0 Å². The molecule has 0 spiro atoms. The Morgan fingerprint density at radius 3 is 2.65 bits per heavy atom. The minimum Gasteiger partial charge on any atom is -0.511 e. The SMILES string of the molecule is C#CCC/C(O)=C(\C#N)C(=O)Nc1ccc(C)c(C)c1. The highest BCUT2D eigenvalue weighted by atomic mass is 16.3. The number of aliphatic hydroxyl groups is 1. The van der Waals surface area contributed by atoms with Crippen LogP contribution in [0.15, 0.2) is 29.5 Å². The minimum atomic E-state index is -0.634. The van der Waals surface area contributed by atoms with Crippen molar-refractivity contribution in [3.05, 3.63) is 40.7 Å². The Morgan fingerprint density at radius 1 is 1.40 bits per heavy atom. The van der Waals surface area contributed by atoms with E-state index in [0.717, 1.165) is 11.1 Å². The molecule has 1 aromatic carbocycles. The lowest BCUT2D eigenvalue weighted by Gasteiger charge is -2.08. The molecule has 0 saturated heterocycles. The van der Waals surface area contributed by atoms with Gasteiger partial charge in [0.15, 0.2) is 5.57 Å². The lowest BCUT2D eigenvalue weighted by atomic mass is 10.1. The van der Waals surface area contributed by atoms with Gasteiger partial charge in [-0.15, -0.1) is 12.3 Å². The van der Waals surface area contributed by atoms with Crippen LogP contribution in [0.4, 0.5) is 5.69 Å². The van der Waals surface area contributed by atoms with Gasteiger partial charge in [-0.1, -0.05) is 6.07 Å². The number of anilines is 1. The summed E-state index contributed by atoms with van der Waals surface area (Å²) in [6.45, 7) is 3.89. The summed E-state index contributed by atoms with van der Waals surface area (Å²) in [5.41, 5.74) is 2.41. The van der Waals surface area contributed by atoms with Gasteiger partial charge < -0.3 is 10.4 Å². The number of nitrogens with one attached hydrogen (secondary N) is 1. The largest absolute Gasteiger partial charge is 0.511 e. The van der Waals surface area contributed by atoms with Crippen LogP contribution in [0, 0.1) is 37.5 Å². The summed E-state index contributed by atoms with van der Waals surface area (Å²) in [6.07, 6.45) is 5.46. The molecule has 0 radical (unpaired) electrons. The van der Waals surface area contributed by atoms with Gasteiger partial charge >= 0.3 is 0 Å². The number of allylic oxidation sites excluding steroid dienone is 1. The minimum absolute atomic E-state index is 0.111. The van der Waals surface area contributed by atoms with E-state index >= 15 is 0 Å². The number of hydrogen-bond donors (Lipinski definition) is 2. The van der Waals surface area contributed by atoms with E-state index in [1.807, 2.05) is 19.9 Å². The van der Waals surface area contributed by atoms with Gasteiger partial charge in [0.25, 0.3) is 5.91 Å². The smallest absolute Gasteiger partial charge is 0.269 e. The molecule has 0 atom stereocenters. The molecule has 2 N–H and O–H groups in total. The molecule has 4 nitrogen and oxygen atoms in total. The van der Waals surface area contributed by atoms with Crippen molar-refractivity contribution in [2.45, 2.75) is 26.7 Å². The first-order valence-electron chi connectivity index (χ1n) is 6.14. The fraction of sp³-hybridized carbons (Fsp3) is 0.250. The van der Waals surface area contributed by atoms with Gasteiger partial charge in [0.2, 0.25) is 0 Å². The van der Waals surface area contributed by atoms with E-state index in [0.29, 0.717) is 5.69 Å². The zero-order valence-electron chi connectivity index (χ0n) is 11.5. The van der Waals surface area contributed by atoms with Gasteiger partial charge in [0.05, 0.1) is 0 Å². The lowest BCUT2D eigenvalue weighted by molar-refractivity contribution is -0.112. The third kappa shape index (κ3) is 3.90. The molecule has 0 aliphatic heterocycles. The van der Waals surface area contributed by atoms with Crippen LogP contribution >= 0.6 is 0 Å². The fourth-order valence-electron chi connectivity index (χ4n) is 1.57. The summed E-state index contributed by atoms with van der Waals surface area (Å²) in [7, 11) is 0. The quantitative estimate of drug-likeness (QED) is 0.381. The first kappa shape index (κ1) is 15.3. The van der Waals surface area contributed by atoms with Gasteiger partial charge in [-0.3, -0.25) is 4.79 Å². The van der Waals surface area contributed by atoms with Gasteiger partial charge in [-0.2, -0.15) is 5.26 Å². The predicted molar refractivity (Wildman–Crippen MR) is 77.9 cm³/mol. The molecule has 0 unspecified atom stereocenters. The third-order valence-electron chi connectivity index (χ3n) is 2.90. The molecule has 0 fully saturated rings. The molecule has 20 heavy (non-hydrogen) atoms. The molecule has 0 aliphatic rings. The average molecular weight is 268 g/mol. The maximum absolute atomic E-state index is 11.9. The zero-order valence-corrected chi connectivity index (χ0v) is 11.5. The molecular formula is C16H16N2O2. The molecule has 0 aromatic heterocycles. The van der Waals surface area contributed by atoms with E-state index in [1.54, 1.807) is 18.2 Å². The van der Waals surface area contributed by atoms with Crippen LogP contribution in [-0.2, 0) is 4.79 Å². The number of amides is 1. The van der Waals surface area contributed by atoms with E-state index < -0.39 is 5.91 Å². The van der Waals surface area contributed by atoms with Crippen LogP contribution in [-0.4, -0.2) is 11.0 Å². The normalized spacial score (nSPS) is 11.0. The Labute approximate surface area is 118 Å². The first-order chi connectivity index (χ1) is 9.49. The summed E-state index contributed by atoms with van der Waals surface area (Å²) < 4.78 is 0. The van der Waals surface area contributed by atoms with E-state index in [-0.39, 0.29) is 24.2 Å². The molecule has 1 rings (SSSR count). The highest BCUT2D eigenvalue weighted by molar-refractivity contribution is 6.06. The maximum Gasteiger partial charge on any atom is 0.269 e. The third-order valence-corrected chi connectivity index (χ3v) is 2.90. The van der Waals surface area contributed by atoms with Crippen molar-refractivity contribution in [2.75, 3.05) is 5.32 Å². The lowest BCUT2D eigenvalue weighted by Crippen LogP contribution is -2.15. The van der Waals surface area contributed by atoms with E-state index in [9.17, 15) is 9.90 Å². The maximum atomic E-state index is 11.9.